The van der Waals surface area contributed by atoms with Gasteiger partial charge in [0.2, 0.25) is 29.5 Å². The molecule has 0 aliphatic carbocycles. The molecule has 0 heterocycles. The fraction of sp³-hybridized carbons (Fsp3) is 0.917. The van der Waals surface area contributed by atoms with Gasteiger partial charge in [0.15, 0.2) is 0 Å². The third kappa shape index (κ3) is 85.3. The molecular weight excluding hydrogens is 1890 g/mol. The maximum atomic E-state index is 14.1. The largest absolute Gasteiger partial charge is 0.465 e. The van der Waals surface area contributed by atoms with E-state index in [2.05, 4.69) is 95.8 Å². The third-order valence-electron chi connectivity index (χ3n) is 29.4. The molecule has 876 valence electrons. The zero-order chi connectivity index (χ0) is 110. The highest BCUT2D eigenvalue weighted by Crippen LogP contribution is 2.28. The second-order valence-corrected chi connectivity index (χ2v) is 43.4. The first-order valence-corrected chi connectivity index (χ1v) is 62.2. The number of aliphatic hydroxyl groups excluding tert-OH is 5. The molecule has 10 atom stereocenters. The number of amides is 5. The minimum Gasteiger partial charge on any atom is -0.465 e. The molecule has 10 N–H and O–H groups in total. The summed E-state index contributed by atoms with van der Waals surface area (Å²) >= 11 is 0. The Kier molecular flexibility index (Phi) is 101. The van der Waals surface area contributed by atoms with Crippen LogP contribution in [0.15, 0.2) is 0 Å². The van der Waals surface area contributed by atoms with Gasteiger partial charge in [-0.25, -0.2) is 0 Å². The monoisotopic (exact) mass is 2120 g/mol. The summed E-state index contributed by atoms with van der Waals surface area (Å²) in [5, 5.41) is 73.1. The summed E-state index contributed by atoms with van der Waals surface area (Å²) in [6.45, 7) is 22.6. The first kappa shape index (κ1) is 143. The molecular formula is C121H232N8O20. The molecule has 10 unspecified atom stereocenters. The van der Waals surface area contributed by atoms with Crippen molar-refractivity contribution in [3.63, 3.8) is 0 Å². The maximum Gasteiger partial charge on any atom is 0.308 e. The van der Waals surface area contributed by atoms with Crippen LogP contribution >= 0.6 is 0 Å². The Morgan fingerprint density at radius 3 is 0.470 bits per heavy atom. The van der Waals surface area contributed by atoms with Gasteiger partial charge >= 0.3 is 29.8 Å². The van der Waals surface area contributed by atoms with Gasteiger partial charge in [-0.3, -0.25) is 57.7 Å². The van der Waals surface area contributed by atoms with Gasteiger partial charge in [0.25, 0.3) is 0 Å². The average Bonchev–Trinajstić information content (AvgIpc) is 0.891. The van der Waals surface area contributed by atoms with Crippen LogP contribution in [0.3, 0.4) is 0 Å². The Labute approximate surface area is 909 Å². The van der Waals surface area contributed by atoms with E-state index < -0.39 is 60.1 Å². The molecule has 0 aromatic heterocycles. The molecule has 149 heavy (non-hydrogen) atoms. The second-order valence-electron chi connectivity index (χ2n) is 43.4. The fourth-order valence-electron chi connectivity index (χ4n) is 19.6. The molecule has 0 saturated carbocycles. The molecule has 28 nitrogen and oxygen atoms in total. The van der Waals surface area contributed by atoms with Gasteiger partial charge in [0.05, 0.1) is 62.6 Å². The van der Waals surface area contributed by atoms with E-state index in [1.807, 2.05) is 4.90 Å². The Hall–Kier alpha value is -5.62. The van der Waals surface area contributed by atoms with Crippen molar-refractivity contribution >= 4 is 59.4 Å². The van der Waals surface area contributed by atoms with Crippen LogP contribution in [-0.2, 0) is 71.6 Å². The first-order valence-electron chi connectivity index (χ1n) is 62.2. The molecule has 0 saturated heterocycles. The molecule has 0 rings (SSSR count). The van der Waals surface area contributed by atoms with Gasteiger partial charge in [-0.1, -0.05) is 390 Å². The normalized spacial score (nSPS) is 13.7. The molecule has 0 spiro atoms. The lowest BCUT2D eigenvalue weighted by molar-refractivity contribution is -0.150. The standard InChI is InChI=1S/C121H232N8O20/c1-11-21-31-41-46-56-78-102(73-51-36-26-16-6)117(140)145-92-66-61-83-122-112(135)107(130)97-127(88-71-90-128(98-108(131)113(136)123-84-62-67-93-146-118(141)103(74-52-37-27-17-7)79-57-47-42-32-22-12-2)99-109(132)114(137)124-85-63-68-94-147-119(142)104(75-53-38-28-18-8)80-58-48-43-33-23-13-3)89-72-91-129(100-110(133)115(138)125-86-64-69-95-148-120(143)105(76-54-39-29-19-9)81-59-49-44-34-24-14-4)101-111(134)116(139)126-87-65-70-96-149-121(144)106(77-55-40-30-20-10)82-60-50-45-35-25-15-5/h102-111,130-134H,11-101H2,1-10H3,(H,122,135)(H,123,136)(H,124,137)(H,125,138)(H,126,139). The van der Waals surface area contributed by atoms with Crippen molar-refractivity contribution in [3.05, 3.63) is 0 Å². The Morgan fingerprint density at radius 1 is 0.174 bits per heavy atom. The van der Waals surface area contributed by atoms with Crippen molar-refractivity contribution in [1.29, 1.82) is 0 Å². The summed E-state index contributed by atoms with van der Waals surface area (Å²) in [6, 6.07) is 0. The number of carbonyl (C=O) groups excluding carboxylic acids is 10. The van der Waals surface area contributed by atoms with Crippen LogP contribution in [0.5, 0.6) is 0 Å². The number of unbranched alkanes of at least 4 members (excludes halogenated alkanes) is 45. The smallest absolute Gasteiger partial charge is 0.308 e. The van der Waals surface area contributed by atoms with Gasteiger partial charge in [0, 0.05) is 65.4 Å². The second kappa shape index (κ2) is 105. The predicted octanol–water partition coefficient (Wildman–Crippen LogP) is 23.4. The number of carbonyl (C=O) groups is 10. The van der Waals surface area contributed by atoms with Crippen molar-refractivity contribution < 1.29 is 97.2 Å². The van der Waals surface area contributed by atoms with Crippen LogP contribution < -0.4 is 26.6 Å². The van der Waals surface area contributed by atoms with Gasteiger partial charge in [-0.15, -0.1) is 0 Å². The number of rotatable bonds is 113. The highest BCUT2D eigenvalue weighted by atomic mass is 16.5. The highest BCUT2D eigenvalue weighted by Gasteiger charge is 2.31. The summed E-state index contributed by atoms with van der Waals surface area (Å²) in [6.07, 6.45) is 60.2. The quantitative estimate of drug-likeness (QED) is 0.0154. The van der Waals surface area contributed by atoms with Crippen molar-refractivity contribution in [3.8, 4) is 0 Å². The summed E-state index contributed by atoms with van der Waals surface area (Å²) < 4.78 is 29.3. The van der Waals surface area contributed by atoms with E-state index in [0.29, 0.717) is 64.2 Å². The van der Waals surface area contributed by atoms with Gasteiger partial charge in [-0.05, 0) is 167 Å². The minimum atomic E-state index is -1.64. The number of nitrogens with zero attached hydrogens (tertiary/aromatic N) is 3. The van der Waals surface area contributed by atoms with Crippen LogP contribution in [0.1, 0.15) is 532 Å². The van der Waals surface area contributed by atoms with Gasteiger partial charge < -0.3 is 80.7 Å². The van der Waals surface area contributed by atoms with E-state index in [1.54, 1.807) is 9.80 Å². The van der Waals surface area contributed by atoms with Crippen LogP contribution in [0, 0.1) is 29.6 Å². The molecule has 0 bridgehead atoms. The Balaban J connectivity index is 7.47. The van der Waals surface area contributed by atoms with Crippen molar-refractivity contribution in [2.75, 3.05) is 125 Å². The van der Waals surface area contributed by atoms with Gasteiger partial charge in [0.1, 0.15) is 30.5 Å². The number of ether oxygens (including phenoxy) is 5. The fourth-order valence-corrected chi connectivity index (χ4v) is 19.6. The number of hydrogen-bond donors (Lipinski definition) is 10. The van der Waals surface area contributed by atoms with Crippen molar-refractivity contribution in [2.45, 2.75) is 562 Å². The number of aliphatic hydroxyl groups is 5. The van der Waals surface area contributed by atoms with Crippen molar-refractivity contribution in [1.82, 2.24) is 41.3 Å². The lowest BCUT2D eigenvalue weighted by Crippen LogP contribution is -2.49. The van der Waals surface area contributed by atoms with E-state index in [9.17, 15) is 73.5 Å². The van der Waals surface area contributed by atoms with Crippen LogP contribution in [0.4, 0.5) is 0 Å². The van der Waals surface area contributed by atoms with E-state index in [1.165, 1.54) is 96.3 Å². The zero-order valence-electron chi connectivity index (χ0n) is 97.3. The summed E-state index contributed by atoms with van der Waals surface area (Å²) in [5.41, 5.74) is 0. The van der Waals surface area contributed by atoms with E-state index in [0.717, 1.165) is 289 Å². The Bertz CT molecular complexity index is 2830. The summed E-state index contributed by atoms with van der Waals surface area (Å²) in [4.78, 5) is 142. The minimum absolute atomic E-state index is 0.0767. The number of hydrogen-bond acceptors (Lipinski definition) is 23. The van der Waals surface area contributed by atoms with Gasteiger partial charge in [-0.2, -0.15) is 0 Å². The summed E-state index contributed by atoms with van der Waals surface area (Å²) in [5.74, 6) is -5.12. The van der Waals surface area contributed by atoms with E-state index >= 15 is 0 Å². The number of esters is 5. The maximum absolute atomic E-state index is 14.1. The molecule has 0 aromatic carbocycles. The molecule has 0 aliphatic heterocycles. The third-order valence-corrected chi connectivity index (χ3v) is 29.4. The highest BCUT2D eigenvalue weighted by molar-refractivity contribution is 5.83. The van der Waals surface area contributed by atoms with E-state index in [-0.39, 0.29) is 197 Å². The topological polar surface area (TPSA) is 388 Å². The average molecular weight is 2120 g/mol. The van der Waals surface area contributed by atoms with E-state index in [4.69, 9.17) is 23.7 Å². The van der Waals surface area contributed by atoms with Crippen LogP contribution in [0.2, 0.25) is 0 Å². The Morgan fingerprint density at radius 2 is 0.309 bits per heavy atom. The molecule has 0 radical (unpaired) electrons. The molecule has 0 aromatic rings. The lowest BCUT2D eigenvalue weighted by Gasteiger charge is -2.30. The number of nitrogens with one attached hydrogen (secondary N) is 5. The molecule has 0 aliphatic rings. The first-order chi connectivity index (χ1) is 72.4. The molecule has 0 fully saturated rings. The SMILES string of the molecule is CCCCCCCCC(CCCCCC)C(=O)OCCCCNC(=O)C(O)CN(CCCN(CC(O)C(=O)NCCCCOC(=O)C(CCCCCC)CCCCCCCC)CC(O)C(=O)NCCCCOC(=O)C(CCCCCC)CCCCCCCC)CCCN(CC(O)C(=O)NCCCCOC(=O)C(CCCCCC)CCCCCCCC)CC(O)C(=O)NCCCCOC(=O)C(CCCCCC)CCCCCCCC. The predicted molar refractivity (Wildman–Crippen MR) is 606 cm³/mol. The summed E-state index contributed by atoms with van der Waals surface area (Å²) in [7, 11) is 0. The van der Waals surface area contributed by atoms with Crippen molar-refractivity contribution in [2.24, 2.45) is 29.6 Å². The molecule has 5 amide bonds. The lowest BCUT2D eigenvalue weighted by atomic mass is 9.94. The van der Waals surface area contributed by atoms with Crippen LogP contribution in [-0.4, -0.2) is 255 Å². The zero-order valence-corrected chi connectivity index (χ0v) is 97.3. The van der Waals surface area contributed by atoms with Crippen LogP contribution in [0.25, 0.3) is 0 Å². The molecule has 28 heteroatoms.